The third-order valence-electron chi connectivity index (χ3n) is 6.39. The summed E-state index contributed by atoms with van der Waals surface area (Å²) in [5, 5.41) is 8.98. The number of rotatable bonds is 5. The highest BCUT2D eigenvalue weighted by Crippen LogP contribution is 2.38. The molecule has 0 atom stereocenters. The third kappa shape index (κ3) is 4.01. The molecular weight excluding hydrogens is 380 g/mol. The van der Waals surface area contributed by atoms with E-state index in [1.807, 2.05) is 19.1 Å². The number of benzene rings is 1. The van der Waals surface area contributed by atoms with Gasteiger partial charge in [-0.15, -0.1) is 0 Å². The fourth-order valence-corrected chi connectivity index (χ4v) is 4.73. The molecule has 30 heavy (non-hydrogen) atoms. The summed E-state index contributed by atoms with van der Waals surface area (Å²) >= 11 is 0. The molecule has 2 aliphatic rings. The van der Waals surface area contributed by atoms with Crippen LogP contribution in [0.25, 0.3) is 0 Å². The average molecular weight is 409 g/mol. The SMILES string of the molecule is CCc1nc(N)c2c(n1)CCN(c1ccc([C@H]3CC[C@H](CC(=O)O)CC3)cc1)C2=O. The maximum absolute atomic E-state index is 13.1. The minimum atomic E-state index is -0.701. The largest absolute Gasteiger partial charge is 0.481 e. The lowest BCUT2D eigenvalue weighted by molar-refractivity contribution is -0.138. The van der Waals surface area contributed by atoms with Gasteiger partial charge in [-0.1, -0.05) is 19.1 Å². The lowest BCUT2D eigenvalue weighted by atomic mass is 9.77. The lowest BCUT2D eigenvalue weighted by Gasteiger charge is -2.30. The van der Waals surface area contributed by atoms with Crippen molar-refractivity contribution in [3.8, 4) is 0 Å². The number of nitrogens with zero attached hydrogens (tertiary/aromatic N) is 3. The molecule has 0 bridgehead atoms. The van der Waals surface area contributed by atoms with Crippen molar-refractivity contribution < 1.29 is 14.7 Å². The van der Waals surface area contributed by atoms with E-state index in [4.69, 9.17) is 10.8 Å². The predicted octanol–water partition coefficient (Wildman–Crippen LogP) is 3.57. The number of aliphatic carboxylic acids is 1. The predicted molar refractivity (Wildman–Crippen MR) is 115 cm³/mol. The number of carboxylic acid groups (broad SMARTS) is 1. The second-order valence-electron chi connectivity index (χ2n) is 8.31. The first-order valence-corrected chi connectivity index (χ1v) is 10.7. The zero-order valence-corrected chi connectivity index (χ0v) is 17.3. The topological polar surface area (TPSA) is 109 Å². The zero-order chi connectivity index (χ0) is 21.3. The number of aromatic nitrogens is 2. The smallest absolute Gasteiger partial charge is 0.303 e. The molecule has 0 unspecified atom stereocenters. The molecule has 7 heteroatoms. The van der Waals surface area contributed by atoms with Crippen LogP contribution in [-0.2, 0) is 17.6 Å². The molecule has 1 aliphatic carbocycles. The molecule has 1 saturated carbocycles. The van der Waals surface area contributed by atoms with E-state index in [1.165, 1.54) is 5.56 Å². The Kier molecular flexibility index (Phi) is 5.70. The second-order valence-corrected chi connectivity index (χ2v) is 8.31. The Morgan fingerprint density at radius 3 is 2.50 bits per heavy atom. The van der Waals surface area contributed by atoms with Crippen LogP contribution in [-0.4, -0.2) is 33.5 Å². The Hall–Kier alpha value is -2.96. The Bertz CT molecular complexity index is 950. The molecule has 0 spiro atoms. The van der Waals surface area contributed by atoms with Crippen LogP contribution in [0.3, 0.4) is 0 Å². The molecule has 7 nitrogen and oxygen atoms in total. The van der Waals surface area contributed by atoms with E-state index in [0.29, 0.717) is 42.6 Å². The van der Waals surface area contributed by atoms with Crippen molar-refractivity contribution in [2.24, 2.45) is 5.92 Å². The first kappa shape index (κ1) is 20.3. The zero-order valence-electron chi connectivity index (χ0n) is 17.3. The van der Waals surface area contributed by atoms with Crippen molar-refractivity contribution in [3.05, 3.63) is 46.9 Å². The van der Waals surface area contributed by atoms with E-state index in [9.17, 15) is 9.59 Å². The van der Waals surface area contributed by atoms with Gasteiger partial charge < -0.3 is 15.7 Å². The molecule has 158 valence electrons. The van der Waals surface area contributed by atoms with E-state index in [-0.39, 0.29) is 18.1 Å². The van der Waals surface area contributed by atoms with Gasteiger partial charge >= 0.3 is 5.97 Å². The Morgan fingerprint density at radius 2 is 1.87 bits per heavy atom. The van der Waals surface area contributed by atoms with Crippen LogP contribution in [0.5, 0.6) is 0 Å². The Labute approximate surface area is 176 Å². The number of carbonyl (C=O) groups excluding carboxylic acids is 1. The molecule has 1 aromatic carbocycles. The summed E-state index contributed by atoms with van der Waals surface area (Å²) in [6.07, 6.45) is 5.57. The highest BCUT2D eigenvalue weighted by molar-refractivity contribution is 6.10. The number of carboxylic acids is 1. The summed E-state index contributed by atoms with van der Waals surface area (Å²) in [7, 11) is 0. The molecule has 2 heterocycles. The van der Waals surface area contributed by atoms with Crippen LogP contribution >= 0.6 is 0 Å². The minimum Gasteiger partial charge on any atom is -0.481 e. The van der Waals surface area contributed by atoms with Crippen LogP contribution in [0.15, 0.2) is 24.3 Å². The van der Waals surface area contributed by atoms with Gasteiger partial charge in [0, 0.05) is 31.5 Å². The molecule has 1 amide bonds. The molecule has 3 N–H and O–H groups in total. The number of anilines is 2. The fourth-order valence-electron chi connectivity index (χ4n) is 4.73. The standard InChI is InChI=1S/C23H28N4O3/c1-2-19-25-18-11-12-27(23(30)21(18)22(24)26-19)17-9-7-16(8-10-17)15-5-3-14(4-6-15)13-20(28)29/h7-10,14-15H,2-6,11-13H2,1H3,(H,28,29)(H2,24,25,26)/t14-,15-. The van der Waals surface area contributed by atoms with Gasteiger partial charge in [0.1, 0.15) is 17.2 Å². The van der Waals surface area contributed by atoms with Gasteiger partial charge in [0.2, 0.25) is 0 Å². The van der Waals surface area contributed by atoms with E-state index >= 15 is 0 Å². The third-order valence-corrected chi connectivity index (χ3v) is 6.39. The molecular formula is C23H28N4O3. The van der Waals surface area contributed by atoms with Crippen molar-refractivity contribution in [1.29, 1.82) is 0 Å². The normalized spacial score (nSPS) is 21.4. The van der Waals surface area contributed by atoms with Crippen LogP contribution in [0.1, 0.15) is 72.4 Å². The number of fused-ring (bicyclic) bond motifs is 1. The van der Waals surface area contributed by atoms with Crippen LogP contribution in [0.2, 0.25) is 0 Å². The lowest BCUT2D eigenvalue weighted by Crippen LogP contribution is -2.39. The average Bonchev–Trinajstić information content (AvgIpc) is 2.74. The molecule has 0 radical (unpaired) electrons. The highest BCUT2D eigenvalue weighted by Gasteiger charge is 2.30. The fraction of sp³-hybridized carbons (Fsp3) is 0.478. The summed E-state index contributed by atoms with van der Waals surface area (Å²) in [5.41, 5.74) is 9.36. The van der Waals surface area contributed by atoms with E-state index in [2.05, 4.69) is 22.1 Å². The number of nitrogen functional groups attached to an aromatic ring is 1. The monoisotopic (exact) mass is 408 g/mol. The van der Waals surface area contributed by atoms with Crippen molar-refractivity contribution in [2.75, 3.05) is 17.2 Å². The first-order chi connectivity index (χ1) is 14.5. The Balaban J connectivity index is 1.46. The van der Waals surface area contributed by atoms with E-state index in [0.717, 1.165) is 37.1 Å². The van der Waals surface area contributed by atoms with Gasteiger partial charge in [0.15, 0.2) is 0 Å². The Morgan fingerprint density at radius 1 is 1.17 bits per heavy atom. The molecule has 1 fully saturated rings. The number of amides is 1. The van der Waals surface area contributed by atoms with Gasteiger partial charge in [-0.3, -0.25) is 9.59 Å². The van der Waals surface area contributed by atoms with Gasteiger partial charge in [0.05, 0.1) is 5.69 Å². The van der Waals surface area contributed by atoms with Crippen LogP contribution < -0.4 is 10.6 Å². The summed E-state index contributed by atoms with van der Waals surface area (Å²) in [4.78, 5) is 34.5. The quantitative estimate of drug-likeness (QED) is 0.783. The number of carbonyl (C=O) groups is 2. The van der Waals surface area contributed by atoms with E-state index in [1.54, 1.807) is 4.90 Å². The number of hydrogen-bond acceptors (Lipinski definition) is 5. The molecule has 1 aliphatic heterocycles. The van der Waals surface area contributed by atoms with Crippen molar-refractivity contribution in [2.45, 2.75) is 57.8 Å². The van der Waals surface area contributed by atoms with Gasteiger partial charge in [-0.05, 0) is 55.2 Å². The summed E-state index contributed by atoms with van der Waals surface area (Å²) in [6, 6.07) is 8.19. The molecule has 0 saturated heterocycles. The van der Waals surface area contributed by atoms with Crippen molar-refractivity contribution in [1.82, 2.24) is 9.97 Å². The molecule has 4 rings (SSSR count). The molecule has 2 aromatic rings. The van der Waals surface area contributed by atoms with Crippen LogP contribution in [0.4, 0.5) is 11.5 Å². The molecule has 1 aromatic heterocycles. The second kappa shape index (κ2) is 8.42. The summed E-state index contributed by atoms with van der Waals surface area (Å²) in [5.74, 6) is 0.852. The van der Waals surface area contributed by atoms with Gasteiger partial charge in [-0.2, -0.15) is 0 Å². The van der Waals surface area contributed by atoms with Crippen LogP contribution in [0, 0.1) is 5.92 Å². The maximum Gasteiger partial charge on any atom is 0.303 e. The number of aryl methyl sites for hydroxylation is 1. The summed E-state index contributed by atoms with van der Waals surface area (Å²) < 4.78 is 0. The van der Waals surface area contributed by atoms with E-state index < -0.39 is 5.97 Å². The number of hydrogen-bond donors (Lipinski definition) is 2. The maximum atomic E-state index is 13.1. The highest BCUT2D eigenvalue weighted by atomic mass is 16.4. The van der Waals surface area contributed by atoms with Crippen molar-refractivity contribution in [3.63, 3.8) is 0 Å². The summed E-state index contributed by atoms with van der Waals surface area (Å²) in [6.45, 7) is 2.55. The van der Waals surface area contributed by atoms with Gasteiger partial charge in [0.25, 0.3) is 5.91 Å². The van der Waals surface area contributed by atoms with Crippen molar-refractivity contribution >= 4 is 23.4 Å². The minimum absolute atomic E-state index is 0.140. The number of nitrogens with two attached hydrogens (primary N) is 1. The van der Waals surface area contributed by atoms with Gasteiger partial charge in [-0.25, -0.2) is 9.97 Å². The first-order valence-electron chi connectivity index (χ1n) is 10.7.